The third kappa shape index (κ3) is 4.80. The molecular formula is C23H27N11O3S2. The molecule has 2 aliphatic heterocycles. The summed E-state index contributed by atoms with van der Waals surface area (Å²) in [5.74, 6) is 0.0809. The van der Waals surface area contributed by atoms with Crippen LogP contribution in [0, 0.1) is 5.41 Å². The van der Waals surface area contributed by atoms with Gasteiger partial charge in [0.1, 0.15) is 5.84 Å². The molecule has 14 nitrogen and oxygen atoms in total. The Morgan fingerprint density at radius 1 is 1.23 bits per heavy atom. The van der Waals surface area contributed by atoms with E-state index < -0.39 is 16.3 Å². The largest absolute Gasteiger partial charge is 0.384 e. The molecule has 0 saturated carbocycles. The molecule has 4 aromatic rings. The number of fused-ring (bicyclic) bond motifs is 2. The second-order valence-corrected chi connectivity index (χ2v) is 12.7. The zero-order chi connectivity index (χ0) is 27.3. The highest BCUT2D eigenvalue weighted by Crippen LogP contribution is 2.28. The predicted octanol–water partition coefficient (Wildman–Crippen LogP) is 0.0451. The topological polar surface area (TPSA) is 183 Å². The lowest BCUT2D eigenvalue weighted by Crippen LogP contribution is -2.58. The number of carbonyl (C=O) groups is 1. The van der Waals surface area contributed by atoms with Crippen molar-refractivity contribution in [2.45, 2.75) is 25.4 Å². The Morgan fingerprint density at radius 3 is 2.82 bits per heavy atom. The van der Waals surface area contributed by atoms with Gasteiger partial charge in [0, 0.05) is 79.2 Å². The molecule has 204 valence electrons. The van der Waals surface area contributed by atoms with Crippen LogP contribution in [0.4, 0.5) is 0 Å². The Hall–Kier alpha value is -3.73. The number of hydrogen-bond acceptors (Lipinski definition) is 10. The van der Waals surface area contributed by atoms with Crippen molar-refractivity contribution in [3.8, 4) is 0 Å². The molecule has 0 radical (unpaired) electrons. The van der Waals surface area contributed by atoms with E-state index in [9.17, 15) is 13.2 Å². The highest BCUT2D eigenvalue weighted by atomic mass is 32.2. The normalized spacial score (nSPS) is 18.9. The van der Waals surface area contributed by atoms with Crippen LogP contribution in [-0.2, 0) is 29.6 Å². The van der Waals surface area contributed by atoms with Gasteiger partial charge in [0.15, 0.2) is 10.8 Å². The number of likely N-dealkylation sites (N-methyl/N-ethyl adjacent to an activating group) is 1. The Morgan fingerprint density at radius 2 is 2.05 bits per heavy atom. The number of hydrogen-bond donors (Lipinski definition) is 3. The number of aromatic nitrogens is 6. The summed E-state index contributed by atoms with van der Waals surface area (Å²) in [5.41, 5.74) is 7.07. The number of amidine groups is 1. The van der Waals surface area contributed by atoms with Crippen LogP contribution in [0.1, 0.15) is 31.8 Å². The second-order valence-electron chi connectivity index (χ2n) is 9.77. The molecule has 6 rings (SSSR count). The maximum Gasteiger partial charge on any atom is 0.307 e. The number of rotatable bonds is 6. The fourth-order valence-corrected chi connectivity index (χ4v) is 7.62. The number of nitrogens with two attached hydrogens (primary N) is 1. The van der Waals surface area contributed by atoms with Crippen molar-refractivity contribution >= 4 is 44.1 Å². The molecule has 1 amide bonds. The monoisotopic (exact) mass is 569 g/mol. The third-order valence-corrected chi connectivity index (χ3v) is 9.94. The summed E-state index contributed by atoms with van der Waals surface area (Å²) in [5, 5.41) is 23.5. The van der Waals surface area contributed by atoms with E-state index in [1.165, 1.54) is 32.0 Å². The van der Waals surface area contributed by atoms with E-state index in [1.54, 1.807) is 23.1 Å². The number of nitrogens with zero attached hydrogens (tertiary/aromatic N) is 8. The number of H-pyrrole nitrogens is 1. The minimum absolute atomic E-state index is 0.0592. The number of nitrogen functional groups attached to an aromatic ring is 1. The summed E-state index contributed by atoms with van der Waals surface area (Å²) >= 11 is 1.41. The molecule has 16 heteroatoms. The van der Waals surface area contributed by atoms with Gasteiger partial charge in [0.05, 0.1) is 11.7 Å². The van der Waals surface area contributed by atoms with Crippen LogP contribution < -0.4 is 5.73 Å². The van der Waals surface area contributed by atoms with E-state index in [-0.39, 0.29) is 37.8 Å². The molecule has 3 aromatic heterocycles. The van der Waals surface area contributed by atoms with Gasteiger partial charge in [-0.3, -0.25) is 10.2 Å². The number of carbonyl (C=O) groups excluding carboxylic acids is 1. The van der Waals surface area contributed by atoms with Gasteiger partial charge in [-0.15, -0.1) is 21.5 Å². The molecule has 1 fully saturated rings. The summed E-state index contributed by atoms with van der Waals surface area (Å²) in [6, 6.07) is 4.59. The smallest absolute Gasteiger partial charge is 0.307 e. The predicted molar refractivity (Wildman–Crippen MR) is 144 cm³/mol. The quantitative estimate of drug-likeness (QED) is 0.213. The van der Waals surface area contributed by atoms with Gasteiger partial charge in [-0.25, -0.2) is 8.96 Å². The standard InChI is InChI=1S/C23H27N11O3S2/c1-31-5-4-18-19(13-31)38-22(26-18)23(35)34-7-6-32(12-17(34)9-20-27-29-30-28-20)39(36,37)33-10-15-3-2-14(21(24)25)8-16(15)11-33/h2-3,8,10-11,17H,4-7,9,12-13H2,1H3,(H3,24,25)(H,27,28,29,30). The number of thiazole rings is 1. The highest BCUT2D eigenvalue weighted by Gasteiger charge is 2.38. The average Bonchev–Trinajstić information content (AvgIpc) is 3.67. The first-order chi connectivity index (χ1) is 18.7. The van der Waals surface area contributed by atoms with Crippen LogP contribution in [-0.4, -0.2) is 103 Å². The van der Waals surface area contributed by atoms with Crippen molar-refractivity contribution in [2.75, 3.05) is 33.2 Å². The summed E-state index contributed by atoms with van der Waals surface area (Å²) in [4.78, 5) is 23.3. The Labute approximate surface area is 228 Å². The van der Waals surface area contributed by atoms with Gasteiger partial charge < -0.3 is 15.5 Å². The average molecular weight is 570 g/mol. The van der Waals surface area contributed by atoms with Crippen molar-refractivity contribution in [1.29, 1.82) is 5.41 Å². The fraction of sp³-hybridized carbons (Fsp3) is 0.391. The van der Waals surface area contributed by atoms with Crippen LogP contribution in [0.2, 0.25) is 0 Å². The first-order valence-corrected chi connectivity index (χ1v) is 14.6. The number of aromatic amines is 1. The maximum atomic E-state index is 13.7. The molecule has 0 bridgehead atoms. The van der Waals surface area contributed by atoms with Crippen LogP contribution in [0.15, 0.2) is 30.6 Å². The molecule has 0 spiro atoms. The first kappa shape index (κ1) is 25.5. The van der Waals surface area contributed by atoms with Crippen molar-refractivity contribution in [1.82, 2.24) is 43.7 Å². The molecule has 1 saturated heterocycles. The number of nitrogens with one attached hydrogen (secondary N) is 2. The lowest BCUT2D eigenvalue weighted by Gasteiger charge is -2.40. The highest BCUT2D eigenvalue weighted by molar-refractivity contribution is 7.87. The molecule has 1 aromatic carbocycles. The summed E-state index contributed by atoms with van der Waals surface area (Å²) in [7, 11) is -1.90. The minimum atomic E-state index is -3.95. The number of amides is 1. The molecular weight excluding hydrogens is 542 g/mol. The van der Waals surface area contributed by atoms with E-state index in [0.717, 1.165) is 30.1 Å². The lowest BCUT2D eigenvalue weighted by molar-refractivity contribution is 0.0560. The van der Waals surface area contributed by atoms with Gasteiger partial charge >= 0.3 is 10.2 Å². The number of benzene rings is 1. The Bertz CT molecular complexity index is 1660. The molecule has 1 atom stereocenters. The summed E-state index contributed by atoms with van der Waals surface area (Å²) < 4.78 is 29.9. The van der Waals surface area contributed by atoms with E-state index in [2.05, 4.69) is 30.5 Å². The summed E-state index contributed by atoms with van der Waals surface area (Å²) in [6.07, 6.45) is 4.09. The summed E-state index contributed by atoms with van der Waals surface area (Å²) in [6.45, 7) is 2.03. The molecule has 0 aliphatic carbocycles. The first-order valence-electron chi connectivity index (χ1n) is 12.4. The number of tetrazole rings is 1. The SMILES string of the molecule is CN1CCc2nc(C(=O)N3CCN(S(=O)(=O)n4cc5ccc(C(=N)N)cc5c4)CC3Cc3nn[nH]n3)sc2C1. The van der Waals surface area contributed by atoms with Gasteiger partial charge in [-0.2, -0.15) is 17.9 Å². The zero-order valence-corrected chi connectivity index (χ0v) is 22.7. The van der Waals surface area contributed by atoms with Crippen LogP contribution in [0.5, 0.6) is 0 Å². The van der Waals surface area contributed by atoms with E-state index in [1.807, 2.05) is 7.05 Å². The Kier molecular flexibility index (Phi) is 6.41. The zero-order valence-electron chi connectivity index (χ0n) is 21.1. The van der Waals surface area contributed by atoms with Crippen molar-refractivity contribution in [3.05, 3.63) is 57.6 Å². The van der Waals surface area contributed by atoms with Gasteiger partial charge in [-0.05, 0) is 13.1 Å². The third-order valence-electron chi connectivity index (χ3n) is 7.14. The van der Waals surface area contributed by atoms with E-state index in [4.69, 9.17) is 11.1 Å². The van der Waals surface area contributed by atoms with E-state index in [0.29, 0.717) is 27.2 Å². The van der Waals surface area contributed by atoms with Crippen LogP contribution >= 0.6 is 11.3 Å². The number of piperazine rings is 1. The van der Waals surface area contributed by atoms with Gasteiger partial charge in [-0.1, -0.05) is 17.3 Å². The maximum absolute atomic E-state index is 13.7. The molecule has 39 heavy (non-hydrogen) atoms. The van der Waals surface area contributed by atoms with Crippen LogP contribution in [0.3, 0.4) is 0 Å². The molecule has 4 N–H and O–H groups in total. The van der Waals surface area contributed by atoms with Crippen LogP contribution in [0.25, 0.3) is 10.8 Å². The molecule has 5 heterocycles. The second kappa shape index (κ2) is 9.78. The van der Waals surface area contributed by atoms with Gasteiger partial charge in [0.25, 0.3) is 5.91 Å². The van der Waals surface area contributed by atoms with Crippen molar-refractivity contribution in [2.24, 2.45) is 5.73 Å². The van der Waals surface area contributed by atoms with E-state index >= 15 is 0 Å². The van der Waals surface area contributed by atoms with Crippen molar-refractivity contribution < 1.29 is 13.2 Å². The fourth-order valence-electron chi connectivity index (χ4n) is 5.05. The molecule has 1 unspecified atom stereocenters. The van der Waals surface area contributed by atoms with Gasteiger partial charge in [0.2, 0.25) is 0 Å². The Balaban J connectivity index is 1.27. The lowest BCUT2D eigenvalue weighted by atomic mass is 10.1. The van der Waals surface area contributed by atoms with Crippen molar-refractivity contribution in [3.63, 3.8) is 0 Å². The molecule has 2 aliphatic rings. The minimum Gasteiger partial charge on any atom is -0.384 e.